The molecule has 3 aliphatic rings. The number of fused-ring (bicyclic) bond motifs is 2. The summed E-state index contributed by atoms with van der Waals surface area (Å²) in [6, 6.07) is 6.56. The number of piperidine rings is 2. The van der Waals surface area contributed by atoms with E-state index in [2.05, 4.69) is 11.2 Å². The molecule has 230 valence electrons. The zero-order valence-electron chi connectivity index (χ0n) is 25.6. The molecule has 2 amide bonds. The van der Waals surface area contributed by atoms with Crippen LogP contribution in [0.3, 0.4) is 0 Å². The number of Topliss-reactive ketones (excluding diaryl/α,β-unsaturated/α-hetero) is 1. The van der Waals surface area contributed by atoms with Crippen LogP contribution < -0.4 is 0 Å². The predicted molar refractivity (Wildman–Crippen MR) is 158 cm³/mol. The van der Waals surface area contributed by atoms with E-state index in [-0.39, 0.29) is 36.5 Å². The summed E-state index contributed by atoms with van der Waals surface area (Å²) in [6.45, 7) is 9.28. The number of aromatic nitrogens is 2. The molecular formula is C33H42FN5O4. The second-order valence-corrected chi connectivity index (χ2v) is 13.5. The summed E-state index contributed by atoms with van der Waals surface area (Å²) in [6.07, 6.45) is 7.60. The van der Waals surface area contributed by atoms with Crippen LogP contribution in [0.1, 0.15) is 71.8 Å². The number of carbonyl (C=O) groups excluding carboxylic acids is 3. The van der Waals surface area contributed by atoms with Crippen LogP contribution >= 0.6 is 0 Å². The maximum atomic E-state index is 15.3. The molecule has 4 atom stereocenters. The molecule has 1 saturated carbocycles. The lowest BCUT2D eigenvalue weighted by atomic mass is 9.87. The largest absolute Gasteiger partial charge is 0.444 e. The van der Waals surface area contributed by atoms with Crippen LogP contribution in [0.5, 0.6) is 0 Å². The van der Waals surface area contributed by atoms with Crippen molar-refractivity contribution in [1.29, 1.82) is 5.26 Å². The van der Waals surface area contributed by atoms with Gasteiger partial charge in [-0.15, -0.1) is 0 Å². The van der Waals surface area contributed by atoms with Crippen LogP contribution in [-0.2, 0) is 27.3 Å². The number of hydrogen-bond donors (Lipinski definition) is 0. The Morgan fingerprint density at radius 1 is 1.14 bits per heavy atom. The van der Waals surface area contributed by atoms with Crippen LogP contribution in [0.2, 0.25) is 0 Å². The Balaban J connectivity index is 1.19. The van der Waals surface area contributed by atoms with Crippen LogP contribution in [0.25, 0.3) is 11.1 Å². The molecule has 43 heavy (non-hydrogen) atoms. The van der Waals surface area contributed by atoms with Gasteiger partial charge in [-0.25, -0.2) is 9.18 Å². The highest BCUT2D eigenvalue weighted by molar-refractivity contribution is 5.89. The van der Waals surface area contributed by atoms with E-state index in [9.17, 15) is 19.6 Å². The summed E-state index contributed by atoms with van der Waals surface area (Å²) in [4.78, 5) is 41.5. The number of nitriles is 1. The lowest BCUT2D eigenvalue weighted by Crippen LogP contribution is -2.51. The number of likely N-dealkylation sites (tertiary alicyclic amines) is 2. The van der Waals surface area contributed by atoms with Crippen molar-refractivity contribution >= 4 is 17.8 Å². The number of hydrogen-bond acceptors (Lipinski definition) is 6. The number of halogens is 1. The zero-order valence-corrected chi connectivity index (χ0v) is 25.6. The molecule has 2 aromatic rings. The molecule has 0 spiro atoms. The molecule has 1 aromatic heterocycles. The van der Waals surface area contributed by atoms with E-state index in [0.717, 1.165) is 57.3 Å². The first kappa shape index (κ1) is 30.7. The topological polar surface area (TPSA) is 109 Å². The van der Waals surface area contributed by atoms with Crippen molar-refractivity contribution in [1.82, 2.24) is 19.6 Å². The van der Waals surface area contributed by atoms with Gasteiger partial charge in [-0.1, -0.05) is 12.1 Å². The molecule has 0 unspecified atom stereocenters. The molecule has 10 heteroatoms. The first-order valence-corrected chi connectivity index (χ1v) is 15.4. The second-order valence-electron chi connectivity index (χ2n) is 13.5. The highest BCUT2D eigenvalue weighted by atomic mass is 19.1. The van der Waals surface area contributed by atoms with Gasteiger partial charge in [-0.3, -0.25) is 19.2 Å². The van der Waals surface area contributed by atoms with Crippen LogP contribution in [-0.4, -0.2) is 68.1 Å². The number of benzene rings is 1. The van der Waals surface area contributed by atoms with Crippen LogP contribution in [0, 0.1) is 34.9 Å². The quantitative estimate of drug-likeness (QED) is 0.408. The number of amides is 2. The minimum atomic E-state index is -0.704. The summed E-state index contributed by atoms with van der Waals surface area (Å²) in [5, 5.41) is 14.4. The molecule has 2 bridgehead atoms. The van der Waals surface area contributed by atoms with E-state index in [4.69, 9.17) is 4.74 Å². The fraction of sp³-hybridized carbons (Fsp3) is 0.606. The molecule has 0 N–H and O–H groups in total. The SMILES string of the molecule is CC(=O)N1CCC(Cn2cc(-c3ccc(C[C@@H](C#N)CC(=O)[C@@H]4[C@H]5CC[C@H](C5)N4C(=O)OC(C)(C)C)c(F)c3)cn2)CC1. The zero-order chi connectivity index (χ0) is 30.9. The van der Waals surface area contributed by atoms with Crippen molar-refractivity contribution in [2.24, 2.45) is 17.8 Å². The van der Waals surface area contributed by atoms with Gasteiger partial charge in [0, 0.05) is 50.8 Å². The maximum Gasteiger partial charge on any atom is 0.411 e. The lowest BCUT2D eigenvalue weighted by molar-refractivity contribution is -0.130. The van der Waals surface area contributed by atoms with Gasteiger partial charge in [-0.05, 0) is 88.3 Å². The number of carbonyl (C=O) groups is 3. The fourth-order valence-electron chi connectivity index (χ4n) is 6.97. The number of nitrogens with zero attached hydrogens (tertiary/aromatic N) is 5. The predicted octanol–water partition coefficient (Wildman–Crippen LogP) is 5.38. The Morgan fingerprint density at radius 3 is 2.53 bits per heavy atom. The summed E-state index contributed by atoms with van der Waals surface area (Å²) < 4.78 is 22.8. The first-order valence-electron chi connectivity index (χ1n) is 15.4. The highest BCUT2D eigenvalue weighted by Gasteiger charge is 2.52. The van der Waals surface area contributed by atoms with Crippen LogP contribution in [0.4, 0.5) is 9.18 Å². The van der Waals surface area contributed by atoms with Gasteiger partial charge in [0.05, 0.1) is 24.2 Å². The van der Waals surface area contributed by atoms with Crippen molar-refractivity contribution in [2.45, 2.75) is 96.9 Å². The van der Waals surface area contributed by atoms with Crippen molar-refractivity contribution in [2.75, 3.05) is 13.1 Å². The normalized spacial score (nSPS) is 22.8. The molecule has 2 aliphatic heterocycles. The van der Waals surface area contributed by atoms with Gasteiger partial charge in [0.25, 0.3) is 0 Å². The standard InChI is InChI=1S/C33H42FN5O4/c1-21(40)37-11-9-22(10-12-37)19-38-20-27(18-36-38)24-5-6-25(29(34)16-24)13-23(17-35)14-30(41)31-26-7-8-28(15-26)39(31)32(42)43-33(2,3)4/h5-6,16,18,20,22-23,26,28,31H,7-15,19H2,1-4H3/t23-,26+,28-,31+/m1/s1. The third-order valence-electron chi connectivity index (χ3n) is 9.14. The molecule has 3 fully saturated rings. The molecule has 1 aliphatic carbocycles. The van der Waals surface area contributed by atoms with E-state index in [1.807, 2.05) is 21.8 Å². The van der Waals surface area contributed by atoms with E-state index < -0.39 is 29.5 Å². The van der Waals surface area contributed by atoms with Crippen molar-refractivity contribution in [3.05, 3.63) is 42.0 Å². The Morgan fingerprint density at radius 2 is 1.88 bits per heavy atom. The van der Waals surface area contributed by atoms with Gasteiger partial charge in [-0.2, -0.15) is 10.4 Å². The molecule has 1 aromatic carbocycles. The first-order chi connectivity index (χ1) is 20.4. The smallest absolute Gasteiger partial charge is 0.411 e. The second kappa shape index (κ2) is 12.5. The Kier molecular flexibility index (Phi) is 8.91. The van der Waals surface area contributed by atoms with Crippen molar-refractivity contribution in [3.8, 4) is 17.2 Å². The molecule has 5 rings (SSSR count). The minimum Gasteiger partial charge on any atom is -0.444 e. The number of rotatable bonds is 8. The average Bonchev–Trinajstić information content (AvgIpc) is 3.70. The number of ether oxygens (including phenoxy) is 1. The average molecular weight is 592 g/mol. The van der Waals surface area contributed by atoms with Crippen molar-refractivity contribution in [3.63, 3.8) is 0 Å². The number of ketones is 1. The third kappa shape index (κ3) is 7.09. The molecule has 3 heterocycles. The van der Waals surface area contributed by atoms with E-state index >= 15 is 4.39 Å². The van der Waals surface area contributed by atoms with Gasteiger partial charge >= 0.3 is 6.09 Å². The Labute approximate surface area is 253 Å². The molecule has 9 nitrogen and oxygen atoms in total. The Bertz CT molecular complexity index is 1400. The highest BCUT2D eigenvalue weighted by Crippen LogP contribution is 2.44. The van der Waals surface area contributed by atoms with Gasteiger partial charge < -0.3 is 9.64 Å². The van der Waals surface area contributed by atoms with Gasteiger partial charge in [0.2, 0.25) is 5.91 Å². The Hall–Kier alpha value is -3.74. The fourth-order valence-corrected chi connectivity index (χ4v) is 6.97. The molecule has 2 saturated heterocycles. The van der Waals surface area contributed by atoms with E-state index in [1.54, 1.807) is 44.9 Å². The van der Waals surface area contributed by atoms with Crippen molar-refractivity contribution < 1.29 is 23.5 Å². The third-order valence-corrected chi connectivity index (χ3v) is 9.14. The molecule has 0 radical (unpaired) electrons. The monoisotopic (exact) mass is 591 g/mol. The lowest BCUT2D eigenvalue weighted by Gasteiger charge is -2.35. The summed E-state index contributed by atoms with van der Waals surface area (Å²) in [7, 11) is 0. The van der Waals surface area contributed by atoms with Gasteiger partial charge in [0.1, 0.15) is 11.4 Å². The van der Waals surface area contributed by atoms with Crippen LogP contribution in [0.15, 0.2) is 30.6 Å². The maximum absolute atomic E-state index is 15.3. The van der Waals surface area contributed by atoms with Gasteiger partial charge in [0.15, 0.2) is 5.78 Å². The summed E-state index contributed by atoms with van der Waals surface area (Å²) in [5.74, 6) is -0.655. The summed E-state index contributed by atoms with van der Waals surface area (Å²) >= 11 is 0. The summed E-state index contributed by atoms with van der Waals surface area (Å²) in [5.41, 5.74) is 1.21. The van der Waals surface area contributed by atoms with E-state index in [1.165, 1.54) is 6.07 Å². The van der Waals surface area contributed by atoms with E-state index in [0.29, 0.717) is 17.0 Å². The minimum absolute atomic E-state index is 0.0107. The molecular weight excluding hydrogens is 549 g/mol.